The van der Waals surface area contributed by atoms with Gasteiger partial charge in [0.2, 0.25) is 0 Å². The Morgan fingerprint density at radius 2 is 0.717 bits per heavy atom. The molecule has 2 saturated carbocycles. The Bertz CT molecular complexity index is 791. The van der Waals surface area contributed by atoms with Gasteiger partial charge in [0.15, 0.2) is 0 Å². The summed E-state index contributed by atoms with van der Waals surface area (Å²) < 4.78 is 9.89. The molecule has 0 atom stereocenters. The van der Waals surface area contributed by atoms with Crippen molar-refractivity contribution in [1.29, 1.82) is 0 Å². The van der Waals surface area contributed by atoms with Crippen molar-refractivity contribution >= 4 is 5.69 Å². The molecule has 46 heavy (non-hydrogen) atoms. The van der Waals surface area contributed by atoms with Gasteiger partial charge in [0, 0.05) is 66.8 Å². The maximum absolute atomic E-state index is 8.56. The summed E-state index contributed by atoms with van der Waals surface area (Å²) >= 11 is 0. The van der Waals surface area contributed by atoms with Gasteiger partial charge in [-0.05, 0) is 109 Å². The summed E-state index contributed by atoms with van der Waals surface area (Å²) in [6, 6.07) is 4.47. The smallest absolute Gasteiger partial charge is 0.698 e. The van der Waals surface area contributed by atoms with E-state index in [4.69, 9.17) is 15.2 Å². The standard InChI is InChI=1S/C18H30N.C10H15.C5H5.2C4H8O.K.Sm/c1-16(2,3)12-10-13(17(4,5)6)15(19)14(11-12)18(7,8)9;1-6-7(2)9(4)10(5)8(6)3;3*1-2-4-5-3-1;;/h10-11,19H,1-9H3;1-5H3;1-5H;2*1-4H2;;/q-1;;;;;+1;. The molecule has 1 aromatic carbocycles. The average molecular weight is 794 g/mol. The summed E-state index contributed by atoms with van der Waals surface area (Å²) in [5.74, 6) is 7.34. The van der Waals surface area contributed by atoms with E-state index in [1.165, 1.54) is 60.8 Å². The molecule has 2 saturated heterocycles. The molecule has 254 valence electrons. The summed E-state index contributed by atoms with van der Waals surface area (Å²) in [5.41, 5.74) is 13.1. The van der Waals surface area contributed by atoms with Crippen LogP contribution in [-0.4, -0.2) is 26.4 Å². The molecular weight excluding hydrogens is 728 g/mol. The van der Waals surface area contributed by atoms with Crippen LogP contribution in [0.5, 0.6) is 0 Å². The second kappa shape index (κ2) is 24.2. The maximum atomic E-state index is 8.56. The summed E-state index contributed by atoms with van der Waals surface area (Å²) in [6.45, 7) is 34.9. The van der Waals surface area contributed by atoms with Gasteiger partial charge in [-0.15, -0.1) is 5.69 Å². The average Bonchev–Trinajstić information content (AvgIpc) is 3.76. The van der Waals surface area contributed by atoms with Crippen LogP contribution in [0.3, 0.4) is 0 Å². The molecule has 10 radical (unpaired) electrons. The van der Waals surface area contributed by atoms with Gasteiger partial charge in [-0.2, -0.15) is 0 Å². The number of rotatable bonds is 0. The normalized spacial score (nSPS) is 19.7. The van der Waals surface area contributed by atoms with Crippen molar-refractivity contribution < 1.29 is 101 Å². The van der Waals surface area contributed by atoms with Crippen LogP contribution < -0.4 is 51.4 Å². The Hall–Kier alpha value is 1.91. The van der Waals surface area contributed by atoms with Gasteiger partial charge in [-0.25, -0.2) is 0 Å². The van der Waals surface area contributed by atoms with Gasteiger partial charge in [0.1, 0.15) is 0 Å². The molecule has 0 aromatic heterocycles. The molecule has 2 aliphatic heterocycles. The SMILES string of the molecule is C1CCOC1.C1CCOC1.CC(C)(C)c1cc(C(C)(C)C)c([NH-])c(C(C)(C)C)c1.C[C]1[C](C)[C](C)[C](C)[C]1C.[CH]1[CH][CH][CH][CH]1.[K+].[Sm]. The fraction of sp³-hybridized carbons (Fsp3) is 0.610. The first-order valence-corrected chi connectivity index (χ1v) is 16.7. The molecule has 0 spiro atoms. The van der Waals surface area contributed by atoms with E-state index in [2.05, 4.69) is 109 Å². The van der Waals surface area contributed by atoms with Crippen LogP contribution in [0.1, 0.15) is 139 Å². The maximum Gasteiger partial charge on any atom is 1.00 e. The molecule has 1 N–H and O–H groups in total. The predicted octanol–water partition coefficient (Wildman–Crippen LogP) is 8.85. The first-order chi connectivity index (χ1) is 20.3. The van der Waals surface area contributed by atoms with Crippen molar-refractivity contribution in [3.63, 3.8) is 0 Å². The predicted molar refractivity (Wildman–Crippen MR) is 193 cm³/mol. The Morgan fingerprint density at radius 1 is 0.478 bits per heavy atom. The van der Waals surface area contributed by atoms with Crippen LogP contribution in [0.25, 0.3) is 5.73 Å². The quantitative estimate of drug-likeness (QED) is 0.247. The van der Waals surface area contributed by atoms with Crippen LogP contribution in [0.15, 0.2) is 12.1 Å². The number of ether oxygens (including phenoxy) is 2. The Morgan fingerprint density at radius 3 is 0.870 bits per heavy atom. The fourth-order valence-corrected chi connectivity index (χ4v) is 5.01. The van der Waals surface area contributed by atoms with Gasteiger partial charge in [-0.1, -0.05) is 120 Å². The molecule has 4 aliphatic rings. The molecule has 1 aromatic rings. The minimum Gasteiger partial charge on any atom is -0.698 e. The van der Waals surface area contributed by atoms with Gasteiger partial charge < -0.3 is 15.2 Å². The van der Waals surface area contributed by atoms with Crippen LogP contribution in [0.2, 0.25) is 0 Å². The third-order valence-electron chi connectivity index (χ3n) is 8.64. The molecule has 3 nitrogen and oxygen atoms in total. The Balaban J connectivity index is 0. The minimum absolute atomic E-state index is 0. The van der Waals surface area contributed by atoms with E-state index in [0.29, 0.717) is 5.69 Å². The number of hydrogen-bond donors (Lipinski definition) is 0. The number of hydrogen-bond acceptors (Lipinski definition) is 2. The van der Waals surface area contributed by atoms with E-state index < -0.39 is 0 Å². The van der Waals surface area contributed by atoms with Crippen molar-refractivity contribution in [2.45, 2.75) is 139 Å². The van der Waals surface area contributed by atoms with E-state index in [1.54, 1.807) is 0 Å². The zero-order valence-electron chi connectivity index (χ0n) is 32.4. The van der Waals surface area contributed by atoms with Crippen molar-refractivity contribution in [3.05, 3.63) is 96.3 Å². The van der Waals surface area contributed by atoms with Crippen LogP contribution in [-0.2, 0) is 25.7 Å². The third kappa shape index (κ3) is 18.4. The number of nitrogens with one attached hydrogen (secondary N) is 1. The Kier molecular flexibility index (Phi) is 26.3. The molecule has 0 bridgehead atoms. The van der Waals surface area contributed by atoms with Crippen molar-refractivity contribution in [1.82, 2.24) is 0 Å². The molecule has 2 heterocycles. The molecule has 2 aliphatic carbocycles. The first-order valence-electron chi connectivity index (χ1n) is 16.7. The zero-order valence-corrected chi connectivity index (χ0v) is 38.2. The second-order valence-corrected chi connectivity index (χ2v) is 15.4. The summed E-state index contributed by atoms with van der Waals surface area (Å²) in [7, 11) is 0. The third-order valence-corrected chi connectivity index (χ3v) is 8.64. The summed E-state index contributed by atoms with van der Waals surface area (Å²) in [6.07, 6.45) is 15.1. The largest absolute Gasteiger partial charge is 1.00 e. The monoisotopic (exact) mass is 795 g/mol. The van der Waals surface area contributed by atoms with E-state index in [-0.39, 0.29) is 108 Å². The minimum atomic E-state index is 0. The van der Waals surface area contributed by atoms with E-state index in [0.717, 1.165) is 37.6 Å². The molecule has 5 rings (SSSR count). The second-order valence-electron chi connectivity index (χ2n) is 15.4. The van der Waals surface area contributed by atoms with Gasteiger partial charge >= 0.3 is 51.4 Å². The van der Waals surface area contributed by atoms with Crippen LogP contribution in [0, 0.1) is 102 Å². The Labute approximate surface area is 363 Å². The molecule has 4 fully saturated rings. The fourth-order valence-electron chi connectivity index (χ4n) is 5.01. The van der Waals surface area contributed by atoms with Crippen LogP contribution in [0.4, 0.5) is 5.69 Å². The molecular formula is C41H66KNO2Sm. The topological polar surface area (TPSA) is 42.3 Å². The van der Waals surface area contributed by atoms with Crippen molar-refractivity contribution in [2.75, 3.05) is 26.4 Å². The zero-order chi connectivity index (χ0) is 33.7. The van der Waals surface area contributed by atoms with Gasteiger partial charge in [0.05, 0.1) is 0 Å². The molecule has 0 unspecified atom stereocenters. The van der Waals surface area contributed by atoms with Crippen molar-refractivity contribution in [3.8, 4) is 0 Å². The van der Waals surface area contributed by atoms with Gasteiger partial charge in [0.25, 0.3) is 0 Å². The van der Waals surface area contributed by atoms with Crippen LogP contribution >= 0.6 is 0 Å². The summed E-state index contributed by atoms with van der Waals surface area (Å²) in [4.78, 5) is 0. The van der Waals surface area contributed by atoms with Crippen molar-refractivity contribution in [2.24, 2.45) is 0 Å². The van der Waals surface area contributed by atoms with E-state index in [1.807, 2.05) is 32.1 Å². The molecule has 5 heteroatoms. The van der Waals surface area contributed by atoms with E-state index >= 15 is 0 Å². The van der Waals surface area contributed by atoms with E-state index in [9.17, 15) is 0 Å². The van der Waals surface area contributed by atoms with Gasteiger partial charge in [-0.3, -0.25) is 0 Å². The summed E-state index contributed by atoms with van der Waals surface area (Å²) in [5, 5.41) is 0. The first kappa shape index (κ1) is 50.0. The molecule has 0 amide bonds. The number of benzene rings is 1.